The number of nitrogens with zero attached hydrogens (tertiary/aromatic N) is 2. The molecule has 0 spiro atoms. The lowest BCUT2D eigenvalue weighted by atomic mass is 10.1. The molecule has 2 aromatic carbocycles. The van der Waals surface area contributed by atoms with Crippen LogP contribution in [0.2, 0.25) is 0 Å². The number of hydrogen-bond donors (Lipinski definition) is 0. The molecule has 0 atom stereocenters. The molecule has 0 aliphatic heterocycles. The average Bonchev–Trinajstić information content (AvgIpc) is 3.14. The predicted octanol–water partition coefficient (Wildman–Crippen LogP) is 6.51. The molecule has 0 saturated heterocycles. The zero-order valence-corrected chi connectivity index (χ0v) is 18.8. The molecule has 3 rings (SSSR count). The monoisotopic (exact) mass is 406 g/mol. The largest absolute Gasteiger partial charge is 0.493 e. The zero-order chi connectivity index (χ0) is 21.3. The van der Waals surface area contributed by atoms with E-state index in [4.69, 9.17) is 9.15 Å². The minimum absolute atomic E-state index is 0.621. The van der Waals surface area contributed by atoms with Crippen LogP contribution >= 0.6 is 0 Å². The number of oxazole rings is 1. The summed E-state index contributed by atoms with van der Waals surface area (Å²) in [6, 6.07) is 12.1. The molecular formula is C26H34N2O2. The van der Waals surface area contributed by atoms with E-state index >= 15 is 0 Å². The second kappa shape index (κ2) is 11.0. The molecule has 0 radical (unpaired) electrons. The van der Waals surface area contributed by atoms with Gasteiger partial charge in [-0.05, 0) is 93.2 Å². The molecule has 0 aliphatic rings. The van der Waals surface area contributed by atoms with Crippen molar-refractivity contribution in [2.24, 2.45) is 0 Å². The van der Waals surface area contributed by atoms with E-state index < -0.39 is 0 Å². The molecule has 0 amide bonds. The van der Waals surface area contributed by atoms with Gasteiger partial charge in [0.25, 0.3) is 0 Å². The normalized spacial score (nSPS) is 11.8. The van der Waals surface area contributed by atoms with E-state index in [1.165, 1.54) is 25.9 Å². The Balaban J connectivity index is 1.59. The van der Waals surface area contributed by atoms with Gasteiger partial charge in [0.15, 0.2) is 5.58 Å². The number of fused-ring (bicyclic) bond motifs is 1. The first-order valence-electron chi connectivity index (χ1n) is 11.1. The molecule has 1 aromatic heterocycles. The lowest BCUT2D eigenvalue weighted by Crippen LogP contribution is -2.27. The van der Waals surface area contributed by atoms with Gasteiger partial charge in [0.05, 0.1) is 6.61 Å². The topological polar surface area (TPSA) is 38.5 Å². The zero-order valence-electron chi connectivity index (χ0n) is 18.8. The summed E-state index contributed by atoms with van der Waals surface area (Å²) in [5.41, 5.74) is 5.13. The van der Waals surface area contributed by atoms with Crippen molar-refractivity contribution in [3.8, 4) is 5.75 Å². The number of hydrogen-bond acceptors (Lipinski definition) is 4. The molecule has 0 aliphatic carbocycles. The maximum absolute atomic E-state index is 6.15. The molecule has 0 saturated carbocycles. The molecule has 4 nitrogen and oxygen atoms in total. The maximum Gasteiger partial charge on any atom is 0.220 e. The first kappa shape index (κ1) is 22.1. The van der Waals surface area contributed by atoms with Crippen molar-refractivity contribution in [3.63, 3.8) is 0 Å². The highest BCUT2D eigenvalue weighted by Gasteiger charge is 2.08. The van der Waals surface area contributed by atoms with E-state index in [1.54, 1.807) is 0 Å². The Bertz CT molecular complexity index is 912. The minimum Gasteiger partial charge on any atom is -0.493 e. The molecular weight excluding hydrogens is 372 g/mol. The van der Waals surface area contributed by atoms with Gasteiger partial charge < -0.3 is 14.1 Å². The van der Waals surface area contributed by atoms with Gasteiger partial charge in [0.2, 0.25) is 5.89 Å². The first-order valence-corrected chi connectivity index (χ1v) is 11.1. The Labute approximate surface area is 180 Å². The Morgan fingerprint density at radius 2 is 1.67 bits per heavy atom. The van der Waals surface area contributed by atoms with E-state index in [1.807, 2.05) is 36.4 Å². The third kappa shape index (κ3) is 5.96. The summed E-state index contributed by atoms with van der Waals surface area (Å²) >= 11 is 0. The van der Waals surface area contributed by atoms with Crippen LogP contribution in [0.3, 0.4) is 0 Å². The van der Waals surface area contributed by atoms with Crippen molar-refractivity contribution in [2.45, 2.75) is 47.0 Å². The minimum atomic E-state index is 0.621. The molecule has 0 bridgehead atoms. The van der Waals surface area contributed by atoms with Gasteiger partial charge in [-0.25, -0.2) is 4.98 Å². The second-order valence-corrected chi connectivity index (χ2v) is 7.88. The number of para-hydroxylation sites is 2. The number of aromatic nitrogens is 1. The van der Waals surface area contributed by atoms with Crippen LogP contribution in [0.15, 0.2) is 40.8 Å². The van der Waals surface area contributed by atoms with E-state index in [9.17, 15) is 0 Å². The molecule has 3 aromatic rings. The fourth-order valence-electron chi connectivity index (χ4n) is 3.87. The summed E-state index contributed by atoms with van der Waals surface area (Å²) in [6.07, 6.45) is 7.43. The van der Waals surface area contributed by atoms with Crippen molar-refractivity contribution in [1.82, 2.24) is 9.88 Å². The summed E-state index contributed by atoms with van der Waals surface area (Å²) < 4.78 is 11.9. The molecule has 1 heterocycles. The van der Waals surface area contributed by atoms with Crippen LogP contribution in [0, 0.1) is 13.8 Å². The first-order chi connectivity index (χ1) is 14.6. The maximum atomic E-state index is 6.15. The highest BCUT2D eigenvalue weighted by molar-refractivity contribution is 5.76. The molecule has 0 N–H and O–H groups in total. The van der Waals surface area contributed by atoms with Crippen molar-refractivity contribution in [2.75, 3.05) is 26.2 Å². The predicted molar refractivity (Wildman–Crippen MR) is 126 cm³/mol. The fourth-order valence-corrected chi connectivity index (χ4v) is 3.87. The van der Waals surface area contributed by atoms with E-state index in [2.05, 4.69) is 49.7 Å². The Morgan fingerprint density at radius 3 is 2.33 bits per heavy atom. The average molecular weight is 407 g/mol. The molecule has 4 heteroatoms. The summed E-state index contributed by atoms with van der Waals surface area (Å²) in [5, 5.41) is 0. The Kier molecular flexibility index (Phi) is 8.09. The van der Waals surface area contributed by atoms with Crippen molar-refractivity contribution in [1.29, 1.82) is 0 Å². The number of rotatable bonds is 11. The quantitative estimate of drug-likeness (QED) is 0.340. The van der Waals surface area contributed by atoms with Gasteiger partial charge in [-0.1, -0.05) is 26.0 Å². The molecule has 0 unspecified atom stereocenters. The van der Waals surface area contributed by atoms with Gasteiger partial charge in [0.1, 0.15) is 11.3 Å². The van der Waals surface area contributed by atoms with Gasteiger partial charge >= 0.3 is 0 Å². The lowest BCUT2D eigenvalue weighted by molar-refractivity contribution is 0.233. The van der Waals surface area contributed by atoms with Gasteiger partial charge in [-0.2, -0.15) is 0 Å². The van der Waals surface area contributed by atoms with Crippen LogP contribution in [-0.2, 0) is 0 Å². The number of aryl methyl sites for hydroxylation is 2. The smallest absolute Gasteiger partial charge is 0.220 e. The summed E-state index contributed by atoms with van der Waals surface area (Å²) in [5.74, 6) is 1.63. The van der Waals surface area contributed by atoms with Gasteiger partial charge in [-0.15, -0.1) is 0 Å². The van der Waals surface area contributed by atoms with Crippen molar-refractivity contribution >= 4 is 23.3 Å². The highest BCUT2D eigenvalue weighted by atomic mass is 16.5. The third-order valence-electron chi connectivity index (χ3n) is 5.16. The van der Waals surface area contributed by atoms with Gasteiger partial charge in [-0.3, -0.25) is 0 Å². The van der Waals surface area contributed by atoms with Crippen LogP contribution in [0.5, 0.6) is 5.75 Å². The van der Waals surface area contributed by atoms with Crippen LogP contribution in [0.1, 0.15) is 55.7 Å². The summed E-state index contributed by atoms with van der Waals surface area (Å²) in [4.78, 5) is 7.03. The Hall–Kier alpha value is -2.59. The van der Waals surface area contributed by atoms with E-state index in [0.717, 1.165) is 53.1 Å². The summed E-state index contributed by atoms with van der Waals surface area (Å²) in [7, 11) is 0. The SMILES string of the molecule is CCCN(CCC)CCCOc1c(C)cc(C=Cc2nc3ccccc3o2)cc1C. The van der Waals surface area contributed by atoms with Crippen molar-refractivity contribution < 1.29 is 9.15 Å². The van der Waals surface area contributed by atoms with Crippen molar-refractivity contribution in [3.05, 3.63) is 59.0 Å². The fraction of sp³-hybridized carbons (Fsp3) is 0.423. The Morgan fingerprint density at radius 1 is 0.967 bits per heavy atom. The second-order valence-electron chi connectivity index (χ2n) is 7.88. The third-order valence-corrected chi connectivity index (χ3v) is 5.16. The van der Waals surface area contributed by atoms with E-state index in [-0.39, 0.29) is 0 Å². The van der Waals surface area contributed by atoms with Crippen LogP contribution in [-0.4, -0.2) is 36.1 Å². The lowest BCUT2D eigenvalue weighted by Gasteiger charge is -2.21. The molecule has 30 heavy (non-hydrogen) atoms. The number of ether oxygens (including phenoxy) is 1. The van der Waals surface area contributed by atoms with Crippen LogP contribution < -0.4 is 4.74 Å². The van der Waals surface area contributed by atoms with E-state index in [0.29, 0.717) is 5.89 Å². The van der Waals surface area contributed by atoms with Crippen LogP contribution in [0.4, 0.5) is 0 Å². The van der Waals surface area contributed by atoms with Gasteiger partial charge in [0, 0.05) is 12.6 Å². The molecule has 0 fully saturated rings. The summed E-state index contributed by atoms with van der Waals surface area (Å²) in [6.45, 7) is 12.9. The number of benzene rings is 2. The highest BCUT2D eigenvalue weighted by Crippen LogP contribution is 2.26. The molecule has 160 valence electrons. The standard InChI is InChI=1S/C26H34N2O2/c1-5-14-28(15-6-2)16-9-17-29-26-20(3)18-22(19-21(26)4)12-13-25-27-23-10-7-8-11-24(23)30-25/h7-8,10-13,18-19H,5-6,9,14-17H2,1-4H3. The van der Waals surface area contributed by atoms with Crippen LogP contribution in [0.25, 0.3) is 23.3 Å².